The monoisotopic (exact) mass is 477 g/mol. The molecule has 2 aliphatic rings. The first kappa shape index (κ1) is 24.0. The number of carbonyl (C=O) groups excluding carboxylic acids is 3. The molecule has 3 atom stereocenters. The number of ketones is 2. The minimum atomic E-state index is -4.77. The van der Waals surface area contributed by atoms with E-state index in [1.165, 1.54) is 24.3 Å². The van der Waals surface area contributed by atoms with Gasteiger partial charge in [-0.05, 0) is 69.9 Å². The van der Waals surface area contributed by atoms with Gasteiger partial charge in [0.05, 0.1) is 5.92 Å². The molecule has 34 heavy (non-hydrogen) atoms. The number of carbonyl (C=O) groups is 3. The zero-order chi connectivity index (χ0) is 24.6. The summed E-state index contributed by atoms with van der Waals surface area (Å²) in [5, 5.41) is 0. The number of hydrogen-bond acceptors (Lipinski definition) is 5. The summed E-state index contributed by atoms with van der Waals surface area (Å²) >= 11 is 0. The number of esters is 1. The number of benzene rings is 1. The van der Waals surface area contributed by atoms with Crippen LogP contribution in [0.1, 0.15) is 53.8 Å². The van der Waals surface area contributed by atoms with Crippen LogP contribution in [-0.2, 0) is 14.3 Å². The molecule has 2 fully saturated rings. The van der Waals surface area contributed by atoms with Gasteiger partial charge in [0.1, 0.15) is 11.5 Å². The Morgan fingerprint density at radius 2 is 1.68 bits per heavy atom. The molecule has 2 aromatic rings. The molecular formula is C25H26F3NO5. The summed E-state index contributed by atoms with van der Waals surface area (Å²) in [6.45, 7) is 3.09. The summed E-state index contributed by atoms with van der Waals surface area (Å²) in [6.07, 6.45) is -1.16. The van der Waals surface area contributed by atoms with Crippen LogP contribution in [0.15, 0.2) is 30.3 Å². The number of Topliss-reactive ketones (excluding diaryl/α,β-unsaturated/α-hetero) is 2. The quantitative estimate of drug-likeness (QED) is 0.427. The highest BCUT2D eigenvalue weighted by molar-refractivity contribution is 5.99. The number of aromatic nitrogens is 1. The van der Waals surface area contributed by atoms with Crippen molar-refractivity contribution >= 4 is 17.5 Å². The lowest BCUT2D eigenvalue weighted by Crippen LogP contribution is -2.39. The molecule has 0 saturated heterocycles. The maximum atomic E-state index is 12.8. The third-order valence-electron chi connectivity index (χ3n) is 6.79. The Morgan fingerprint density at radius 3 is 2.26 bits per heavy atom. The van der Waals surface area contributed by atoms with Crippen LogP contribution in [-0.4, -0.2) is 35.1 Å². The second kappa shape index (κ2) is 9.27. The van der Waals surface area contributed by atoms with E-state index in [0.717, 1.165) is 19.3 Å². The van der Waals surface area contributed by atoms with Crippen LogP contribution in [0.25, 0.3) is 5.69 Å². The molecule has 0 spiro atoms. The van der Waals surface area contributed by atoms with Crippen molar-refractivity contribution in [2.45, 2.75) is 52.3 Å². The van der Waals surface area contributed by atoms with E-state index in [-0.39, 0.29) is 35.1 Å². The van der Waals surface area contributed by atoms with Crippen molar-refractivity contribution in [3.8, 4) is 11.4 Å². The summed E-state index contributed by atoms with van der Waals surface area (Å²) < 4.78 is 48.2. The molecular weight excluding hydrogens is 451 g/mol. The highest BCUT2D eigenvalue weighted by Crippen LogP contribution is 2.40. The molecule has 182 valence electrons. The smallest absolute Gasteiger partial charge is 0.457 e. The van der Waals surface area contributed by atoms with Crippen molar-refractivity contribution in [1.29, 1.82) is 0 Å². The molecule has 1 heterocycles. The number of aryl methyl sites for hydroxylation is 1. The van der Waals surface area contributed by atoms with Crippen LogP contribution in [0.5, 0.6) is 5.75 Å². The minimum Gasteiger partial charge on any atom is -0.457 e. The zero-order valence-corrected chi connectivity index (χ0v) is 19.0. The van der Waals surface area contributed by atoms with Crippen LogP contribution < -0.4 is 4.74 Å². The summed E-state index contributed by atoms with van der Waals surface area (Å²) in [4.78, 5) is 37.6. The van der Waals surface area contributed by atoms with Gasteiger partial charge in [0, 0.05) is 34.5 Å². The van der Waals surface area contributed by atoms with Crippen molar-refractivity contribution in [3.63, 3.8) is 0 Å². The van der Waals surface area contributed by atoms with Gasteiger partial charge in [-0.15, -0.1) is 13.2 Å². The third-order valence-corrected chi connectivity index (χ3v) is 6.79. The van der Waals surface area contributed by atoms with E-state index in [9.17, 15) is 27.6 Å². The standard InChI is InChI=1S/C25H26F3NO5/c1-14-10-21(15(2)29(14)19-6-8-20(9-7-19)34-25(26,27)28)22(30)13-33-24(32)18-11-16-4-3-5-17(12-18)23(16)31/h6-10,16-18H,3-5,11-13H2,1-2H3/t16-,17+,18?. The fourth-order valence-corrected chi connectivity index (χ4v) is 5.24. The topological polar surface area (TPSA) is 74.6 Å². The maximum absolute atomic E-state index is 12.8. The lowest BCUT2D eigenvalue weighted by Gasteiger charge is -2.36. The lowest BCUT2D eigenvalue weighted by molar-refractivity contribution is -0.274. The van der Waals surface area contributed by atoms with Crippen molar-refractivity contribution in [3.05, 3.63) is 47.3 Å². The van der Waals surface area contributed by atoms with Crippen molar-refractivity contribution < 1.29 is 37.0 Å². The fourth-order valence-electron chi connectivity index (χ4n) is 5.24. The fraction of sp³-hybridized carbons (Fsp3) is 0.480. The molecule has 0 N–H and O–H groups in total. The average molecular weight is 477 g/mol. The van der Waals surface area contributed by atoms with Crippen LogP contribution >= 0.6 is 0 Å². The van der Waals surface area contributed by atoms with Gasteiger partial charge < -0.3 is 14.0 Å². The highest BCUT2D eigenvalue weighted by Gasteiger charge is 2.42. The Labute approximate surface area is 195 Å². The Bertz CT molecular complexity index is 1090. The molecule has 1 aromatic carbocycles. The number of ether oxygens (including phenoxy) is 2. The van der Waals surface area contributed by atoms with E-state index in [0.29, 0.717) is 35.5 Å². The summed E-state index contributed by atoms with van der Waals surface area (Å²) in [5.41, 5.74) is 2.23. The highest BCUT2D eigenvalue weighted by atomic mass is 19.4. The first-order valence-corrected chi connectivity index (χ1v) is 11.3. The van der Waals surface area contributed by atoms with Crippen LogP contribution in [0.4, 0.5) is 13.2 Å². The first-order chi connectivity index (χ1) is 16.0. The third kappa shape index (κ3) is 5.03. The number of halogens is 3. The number of fused-ring (bicyclic) bond motifs is 2. The molecule has 9 heteroatoms. The summed E-state index contributed by atoms with van der Waals surface area (Å²) in [7, 11) is 0. The molecule has 2 bridgehead atoms. The molecule has 1 unspecified atom stereocenters. The molecule has 2 saturated carbocycles. The van der Waals surface area contributed by atoms with Gasteiger partial charge in [0.25, 0.3) is 0 Å². The number of hydrogen-bond donors (Lipinski definition) is 0. The van der Waals surface area contributed by atoms with Crippen LogP contribution in [0, 0.1) is 31.6 Å². The second-order valence-corrected chi connectivity index (χ2v) is 9.09. The van der Waals surface area contributed by atoms with Crippen molar-refractivity contribution in [2.75, 3.05) is 6.61 Å². The van der Waals surface area contributed by atoms with Gasteiger partial charge in [-0.25, -0.2) is 0 Å². The van der Waals surface area contributed by atoms with E-state index in [1.54, 1.807) is 24.5 Å². The first-order valence-electron chi connectivity index (χ1n) is 11.3. The molecule has 4 rings (SSSR count). The number of rotatable bonds is 6. The van der Waals surface area contributed by atoms with Gasteiger partial charge in [-0.3, -0.25) is 14.4 Å². The van der Waals surface area contributed by atoms with Gasteiger partial charge >= 0.3 is 12.3 Å². The second-order valence-electron chi connectivity index (χ2n) is 9.09. The average Bonchev–Trinajstić information content (AvgIpc) is 3.05. The molecule has 0 aliphatic heterocycles. The van der Waals surface area contributed by atoms with Gasteiger partial charge in [0.2, 0.25) is 5.78 Å². The largest absolute Gasteiger partial charge is 0.573 e. The maximum Gasteiger partial charge on any atom is 0.573 e. The summed E-state index contributed by atoms with van der Waals surface area (Å²) in [6, 6.07) is 7.01. The SMILES string of the molecule is Cc1cc(C(=O)COC(=O)C2C[C@H]3CCC[C@@H](C2)C3=O)c(C)n1-c1ccc(OC(F)(F)F)cc1. The van der Waals surface area contributed by atoms with Gasteiger partial charge in [0.15, 0.2) is 6.61 Å². The van der Waals surface area contributed by atoms with E-state index in [1.807, 2.05) is 0 Å². The van der Waals surface area contributed by atoms with Crippen molar-refractivity contribution in [1.82, 2.24) is 4.57 Å². The molecule has 1 aromatic heterocycles. The number of alkyl halides is 3. The van der Waals surface area contributed by atoms with E-state index in [4.69, 9.17) is 4.74 Å². The molecule has 0 amide bonds. The van der Waals surface area contributed by atoms with E-state index in [2.05, 4.69) is 4.74 Å². The Kier molecular flexibility index (Phi) is 6.55. The Morgan fingerprint density at radius 1 is 1.06 bits per heavy atom. The normalized spacial score (nSPS) is 22.4. The van der Waals surface area contributed by atoms with Crippen molar-refractivity contribution in [2.24, 2.45) is 17.8 Å². The Balaban J connectivity index is 1.41. The van der Waals surface area contributed by atoms with E-state index >= 15 is 0 Å². The molecule has 0 radical (unpaired) electrons. The molecule has 6 nitrogen and oxygen atoms in total. The van der Waals surface area contributed by atoms with E-state index < -0.39 is 18.9 Å². The lowest BCUT2D eigenvalue weighted by atomic mass is 9.67. The van der Waals surface area contributed by atoms with Crippen LogP contribution in [0.2, 0.25) is 0 Å². The minimum absolute atomic E-state index is 0.0763. The molecule has 2 aliphatic carbocycles. The van der Waals surface area contributed by atoms with Crippen LogP contribution in [0.3, 0.4) is 0 Å². The summed E-state index contributed by atoms with van der Waals surface area (Å²) in [5.74, 6) is -1.39. The van der Waals surface area contributed by atoms with Gasteiger partial charge in [-0.1, -0.05) is 6.42 Å². The predicted molar refractivity (Wildman–Crippen MR) is 116 cm³/mol. The predicted octanol–water partition coefficient (Wildman–Crippen LogP) is 5.11. The Hall–Kier alpha value is -3.10. The number of nitrogens with zero attached hydrogens (tertiary/aromatic N) is 1. The van der Waals surface area contributed by atoms with Gasteiger partial charge in [-0.2, -0.15) is 0 Å². The zero-order valence-electron chi connectivity index (χ0n) is 19.0.